The molecule has 0 bridgehead atoms. The molecule has 2 heterocycles. The average molecular weight is 290 g/mol. The number of carboxylic acids is 1. The highest BCUT2D eigenvalue weighted by Gasteiger charge is 2.09. The molecule has 6 nitrogen and oxygen atoms in total. The van der Waals surface area contributed by atoms with E-state index in [0.29, 0.717) is 15.6 Å². The first-order valence-corrected chi connectivity index (χ1v) is 6.33. The van der Waals surface area contributed by atoms with Gasteiger partial charge < -0.3 is 9.84 Å². The fourth-order valence-electron chi connectivity index (χ4n) is 1.42. The zero-order valence-corrected chi connectivity index (χ0v) is 11.3. The van der Waals surface area contributed by atoms with E-state index >= 15 is 0 Å². The molecule has 20 heavy (non-hydrogen) atoms. The highest BCUT2D eigenvalue weighted by molar-refractivity contribution is 7.99. The van der Waals surface area contributed by atoms with Crippen LogP contribution in [-0.2, 0) is 4.74 Å². The zero-order valence-electron chi connectivity index (χ0n) is 10.4. The van der Waals surface area contributed by atoms with Gasteiger partial charge in [-0.1, -0.05) is 11.8 Å². The van der Waals surface area contributed by atoms with E-state index in [1.807, 2.05) is 0 Å². The largest absolute Gasteiger partial charge is 0.478 e. The van der Waals surface area contributed by atoms with Gasteiger partial charge in [0.05, 0.1) is 18.2 Å². The monoisotopic (exact) mass is 290 g/mol. The molecule has 0 atom stereocenters. The van der Waals surface area contributed by atoms with Gasteiger partial charge in [-0.3, -0.25) is 0 Å². The molecule has 1 N–H and O–H groups in total. The molecule has 0 amide bonds. The van der Waals surface area contributed by atoms with E-state index in [-0.39, 0.29) is 5.56 Å². The number of pyridine rings is 2. The van der Waals surface area contributed by atoms with E-state index in [1.165, 1.54) is 49.5 Å². The third-order valence-corrected chi connectivity index (χ3v) is 3.21. The second-order valence-electron chi connectivity index (χ2n) is 3.66. The highest BCUT2D eigenvalue weighted by Crippen LogP contribution is 2.25. The van der Waals surface area contributed by atoms with Gasteiger partial charge in [-0.2, -0.15) is 0 Å². The van der Waals surface area contributed by atoms with E-state index in [0.717, 1.165) is 0 Å². The first-order chi connectivity index (χ1) is 9.60. The van der Waals surface area contributed by atoms with Crippen LogP contribution in [0.15, 0.2) is 46.7 Å². The van der Waals surface area contributed by atoms with Crippen molar-refractivity contribution in [3.63, 3.8) is 0 Å². The van der Waals surface area contributed by atoms with E-state index in [2.05, 4.69) is 14.7 Å². The number of aromatic carboxylic acids is 1. The number of hydrogen-bond acceptors (Lipinski definition) is 6. The number of carboxylic acid groups (broad SMARTS) is 1. The van der Waals surface area contributed by atoms with Gasteiger partial charge >= 0.3 is 11.9 Å². The van der Waals surface area contributed by atoms with Crippen molar-refractivity contribution in [1.29, 1.82) is 0 Å². The Hall–Kier alpha value is -2.41. The van der Waals surface area contributed by atoms with Gasteiger partial charge in [-0.05, 0) is 24.3 Å². The Bertz CT molecular complexity index is 660. The molecular weight excluding hydrogens is 280 g/mol. The average Bonchev–Trinajstić information content (AvgIpc) is 2.47. The summed E-state index contributed by atoms with van der Waals surface area (Å²) in [6, 6.07) is 5.95. The van der Waals surface area contributed by atoms with E-state index in [4.69, 9.17) is 5.11 Å². The maximum Gasteiger partial charge on any atom is 0.337 e. The molecule has 0 aliphatic rings. The summed E-state index contributed by atoms with van der Waals surface area (Å²) in [5.41, 5.74) is 0.519. The molecule has 0 aliphatic heterocycles. The molecule has 0 radical (unpaired) electrons. The number of esters is 1. The lowest BCUT2D eigenvalue weighted by molar-refractivity contribution is 0.0599. The van der Waals surface area contributed by atoms with Crippen LogP contribution in [0.5, 0.6) is 0 Å². The first kappa shape index (κ1) is 14.0. The van der Waals surface area contributed by atoms with Crippen LogP contribution in [0.2, 0.25) is 0 Å². The van der Waals surface area contributed by atoms with E-state index in [1.54, 1.807) is 6.07 Å². The van der Waals surface area contributed by atoms with E-state index < -0.39 is 11.9 Å². The predicted octanol–water partition coefficient (Wildman–Crippen LogP) is 2.11. The Morgan fingerprint density at radius 1 is 1.10 bits per heavy atom. The van der Waals surface area contributed by atoms with Crippen LogP contribution in [0.25, 0.3) is 0 Å². The fraction of sp³-hybridized carbons (Fsp3) is 0.0769. The summed E-state index contributed by atoms with van der Waals surface area (Å²) < 4.78 is 4.62. The van der Waals surface area contributed by atoms with Gasteiger partial charge in [0.15, 0.2) is 0 Å². The summed E-state index contributed by atoms with van der Waals surface area (Å²) in [6.07, 6.45) is 2.89. The lowest BCUT2D eigenvalue weighted by Crippen LogP contribution is -2.01. The van der Waals surface area contributed by atoms with Crippen molar-refractivity contribution < 1.29 is 19.4 Å². The molecule has 7 heteroatoms. The van der Waals surface area contributed by atoms with Gasteiger partial charge in [0.1, 0.15) is 10.1 Å². The van der Waals surface area contributed by atoms with Crippen molar-refractivity contribution >= 4 is 23.7 Å². The minimum Gasteiger partial charge on any atom is -0.478 e. The molecule has 0 fully saturated rings. The number of rotatable bonds is 4. The number of carbonyl (C=O) groups excluding carboxylic acids is 1. The molecule has 0 saturated heterocycles. The molecule has 0 aliphatic carbocycles. The van der Waals surface area contributed by atoms with Gasteiger partial charge in [0, 0.05) is 12.4 Å². The maximum atomic E-state index is 11.4. The normalized spacial score (nSPS) is 10.1. The third kappa shape index (κ3) is 3.33. The summed E-state index contributed by atoms with van der Waals surface area (Å²) in [6.45, 7) is 0. The molecular formula is C13H10N2O4S. The number of methoxy groups -OCH3 is 1. The highest BCUT2D eigenvalue weighted by atomic mass is 32.2. The molecule has 2 aromatic heterocycles. The number of carbonyl (C=O) groups is 2. The van der Waals surface area contributed by atoms with Crippen LogP contribution in [-0.4, -0.2) is 34.1 Å². The van der Waals surface area contributed by atoms with Crippen LogP contribution < -0.4 is 0 Å². The first-order valence-electron chi connectivity index (χ1n) is 5.51. The van der Waals surface area contributed by atoms with Crippen molar-refractivity contribution in [2.45, 2.75) is 10.1 Å². The Kier molecular flexibility index (Phi) is 4.31. The molecule has 2 aromatic rings. The van der Waals surface area contributed by atoms with Gasteiger partial charge in [0.2, 0.25) is 0 Å². The minimum absolute atomic E-state index is 0.145. The zero-order chi connectivity index (χ0) is 14.5. The van der Waals surface area contributed by atoms with Crippen LogP contribution in [0.1, 0.15) is 20.7 Å². The molecule has 102 valence electrons. The third-order valence-electron chi connectivity index (χ3n) is 2.35. The number of ether oxygens (including phenoxy) is 1. The van der Waals surface area contributed by atoms with Crippen molar-refractivity contribution in [1.82, 2.24) is 9.97 Å². The summed E-state index contributed by atoms with van der Waals surface area (Å²) in [5, 5.41) is 9.93. The van der Waals surface area contributed by atoms with Crippen molar-refractivity contribution in [2.75, 3.05) is 7.11 Å². The van der Waals surface area contributed by atoms with Gasteiger partial charge in [-0.15, -0.1) is 0 Å². The standard InChI is InChI=1S/C13H10N2O4S/c1-19-13(18)9-3-5-15-11(7-9)20-10-6-8(12(16)17)2-4-14-10/h2-7H,1H3,(H,16,17). The molecule has 2 rings (SSSR count). The van der Waals surface area contributed by atoms with Crippen molar-refractivity contribution in [2.24, 2.45) is 0 Å². The van der Waals surface area contributed by atoms with Crippen LogP contribution in [0.4, 0.5) is 0 Å². The predicted molar refractivity (Wildman–Crippen MR) is 70.9 cm³/mol. The summed E-state index contributed by atoms with van der Waals surface area (Å²) in [4.78, 5) is 30.4. The molecule has 0 aromatic carbocycles. The summed E-state index contributed by atoms with van der Waals surface area (Å²) in [5.74, 6) is -1.48. The van der Waals surface area contributed by atoms with E-state index in [9.17, 15) is 9.59 Å². The Balaban J connectivity index is 2.24. The van der Waals surface area contributed by atoms with Crippen LogP contribution >= 0.6 is 11.8 Å². The van der Waals surface area contributed by atoms with Gasteiger partial charge in [0.25, 0.3) is 0 Å². The molecule has 0 saturated carbocycles. The molecule has 0 spiro atoms. The second kappa shape index (κ2) is 6.16. The topological polar surface area (TPSA) is 89.4 Å². The minimum atomic E-state index is -1.02. The lowest BCUT2D eigenvalue weighted by Gasteiger charge is -2.03. The Morgan fingerprint density at radius 2 is 1.65 bits per heavy atom. The number of hydrogen-bond donors (Lipinski definition) is 1. The second-order valence-corrected chi connectivity index (χ2v) is 4.70. The quantitative estimate of drug-likeness (QED) is 0.862. The Labute approximate surface area is 118 Å². The van der Waals surface area contributed by atoms with Crippen LogP contribution in [0, 0.1) is 0 Å². The molecule has 0 unspecified atom stereocenters. The number of nitrogens with zero attached hydrogens (tertiary/aromatic N) is 2. The SMILES string of the molecule is COC(=O)c1ccnc(Sc2cc(C(=O)O)ccn2)c1. The van der Waals surface area contributed by atoms with Crippen LogP contribution in [0.3, 0.4) is 0 Å². The fourth-order valence-corrected chi connectivity index (χ4v) is 2.23. The summed E-state index contributed by atoms with van der Waals surface area (Å²) >= 11 is 1.17. The van der Waals surface area contributed by atoms with Crippen molar-refractivity contribution in [3.05, 3.63) is 47.8 Å². The maximum absolute atomic E-state index is 11.4. The van der Waals surface area contributed by atoms with Gasteiger partial charge in [-0.25, -0.2) is 19.6 Å². The number of aromatic nitrogens is 2. The Morgan fingerprint density at radius 3 is 2.20 bits per heavy atom. The lowest BCUT2D eigenvalue weighted by atomic mass is 10.3. The smallest absolute Gasteiger partial charge is 0.337 e. The summed E-state index contributed by atoms with van der Waals surface area (Å²) in [7, 11) is 1.30. The van der Waals surface area contributed by atoms with Crippen molar-refractivity contribution in [3.8, 4) is 0 Å².